The molecule has 0 bridgehead atoms. The molecule has 5 N–H and O–H groups in total. The molecule has 0 heterocycles. The van der Waals surface area contributed by atoms with E-state index in [1.807, 2.05) is 0 Å². The van der Waals surface area contributed by atoms with Gasteiger partial charge in [-0.3, -0.25) is 4.79 Å². The first-order valence-corrected chi connectivity index (χ1v) is 11.3. The van der Waals surface area contributed by atoms with Crippen LogP contribution in [0.4, 0.5) is 0 Å². The fourth-order valence-electron chi connectivity index (χ4n) is 3.19. The number of hydrogen-bond acceptors (Lipinski definition) is 9. The van der Waals surface area contributed by atoms with Gasteiger partial charge in [0.05, 0.1) is 6.04 Å². The minimum Gasteiger partial charge on any atom is -0.745 e. The van der Waals surface area contributed by atoms with Gasteiger partial charge in [0.25, 0.3) is 0 Å². The second kappa shape index (κ2) is 11.7. The molecular weight excluding hydrogens is 459 g/mol. The third kappa shape index (κ3) is 6.28. The van der Waals surface area contributed by atoms with E-state index in [2.05, 4.69) is 0 Å². The van der Waals surface area contributed by atoms with E-state index in [4.69, 9.17) is 16.2 Å². The maximum absolute atomic E-state index is 13.1. The van der Waals surface area contributed by atoms with Crippen molar-refractivity contribution in [2.75, 3.05) is 0 Å². The molecule has 0 spiro atoms. The second-order valence-corrected chi connectivity index (χ2v) is 9.43. The van der Waals surface area contributed by atoms with Crippen LogP contribution in [-0.2, 0) is 37.5 Å². The van der Waals surface area contributed by atoms with Gasteiger partial charge in [0.2, 0.25) is 4.93 Å². The van der Waals surface area contributed by atoms with Crippen LogP contribution in [-0.4, -0.2) is 46.3 Å². The maximum atomic E-state index is 13.1. The smallest absolute Gasteiger partial charge is 0.745 e. The van der Waals surface area contributed by atoms with Crippen molar-refractivity contribution in [1.29, 1.82) is 0 Å². The molecule has 11 heteroatoms. The van der Waals surface area contributed by atoms with Crippen LogP contribution in [0.2, 0.25) is 0 Å². The topological polar surface area (TPSA) is 173 Å². The normalized spacial score (nSPS) is 16.1. The zero-order chi connectivity index (χ0) is 24.2. The van der Waals surface area contributed by atoms with E-state index in [1.165, 1.54) is 26.0 Å². The number of rotatable bonds is 10. The van der Waals surface area contributed by atoms with E-state index < -0.39 is 50.7 Å². The summed E-state index contributed by atoms with van der Waals surface area (Å²) in [7, 11) is -5.90. The predicted octanol–water partition coefficient (Wildman–Crippen LogP) is -2.54. The number of carbonyl (C=O) groups excluding carboxylic acids is 2. The summed E-state index contributed by atoms with van der Waals surface area (Å²) in [6, 6.07) is 14.6. The van der Waals surface area contributed by atoms with Gasteiger partial charge in [0, 0.05) is 6.42 Å². The Hall–Kier alpha value is -1.63. The molecule has 0 aliphatic heterocycles. The fraction of sp³-hybridized carbons (Fsp3) is 0.364. The molecule has 2 aromatic carbocycles. The summed E-state index contributed by atoms with van der Waals surface area (Å²) in [5.41, 5.74) is 9.81. The first-order valence-electron chi connectivity index (χ1n) is 9.86. The van der Waals surface area contributed by atoms with E-state index in [-0.39, 0.29) is 36.2 Å². The van der Waals surface area contributed by atoms with E-state index in [1.54, 1.807) is 48.5 Å². The fourth-order valence-corrected chi connectivity index (χ4v) is 4.18. The summed E-state index contributed by atoms with van der Waals surface area (Å²) in [5, 5.41) is 11.1. The van der Waals surface area contributed by atoms with Crippen LogP contribution in [0, 0.1) is 5.92 Å². The molecule has 0 saturated carbocycles. The molecule has 33 heavy (non-hydrogen) atoms. The number of ether oxygens (including phenoxy) is 1. The van der Waals surface area contributed by atoms with E-state index in [0.29, 0.717) is 11.1 Å². The molecule has 0 saturated heterocycles. The van der Waals surface area contributed by atoms with Crippen molar-refractivity contribution >= 4 is 21.9 Å². The van der Waals surface area contributed by atoms with Crippen molar-refractivity contribution in [2.24, 2.45) is 17.4 Å². The standard InChI is InChI=1S/C22H28N2O7S.Na/c1-15(2)18(23)19(25)22(27,32(28,29)30)21(24,13-16-9-5-3-6-10-16)20(26)31-14-17-11-7-4-8-12-17;/h3-12,15,18,27H,13-14,23-24H2,1-2H3,(H,28,29,30);/q;+1/p-1/t18-,21?,22?;/m0./s1. The Morgan fingerprint density at radius 2 is 1.48 bits per heavy atom. The predicted molar refractivity (Wildman–Crippen MR) is 116 cm³/mol. The van der Waals surface area contributed by atoms with Crippen molar-refractivity contribution in [3.8, 4) is 0 Å². The van der Waals surface area contributed by atoms with Gasteiger partial charge >= 0.3 is 35.5 Å². The maximum Gasteiger partial charge on any atom is 1.00 e. The monoisotopic (exact) mass is 486 g/mol. The zero-order valence-electron chi connectivity index (χ0n) is 18.8. The summed E-state index contributed by atoms with van der Waals surface area (Å²) in [6.45, 7) is 2.65. The van der Waals surface area contributed by atoms with Crippen LogP contribution in [0.25, 0.3) is 0 Å². The van der Waals surface area contributed by atoms with Gasteiger partial charge in [0.15, 0.2) is 11.3 Å². The van der Waals surface area contributed by atoms with Crippen LogP contribution < -0.4 is 41.0 Å². The molecule has 9 nitrogen and oxygen atoms in total. The number of esters is 1. The summed E-state index contributed by atoms with van der Waals surface area (Å²) < 4.78 is 42.0. The third-order valence-corrected chi connectivity index (χ3v) is 6.51. The molecular formula is C22H27N2NaO7S. The zero-order valence-corrected chi connectivity index (χ0v) is 21.6. The van der Waals surface area contributed by atoms with Crippen LogP contribution in [0.5, 0.6) is 0 Å². The molecule has 0 aliphatic carbocycles. The number of aliphatic hydroxyl groups is 1. The Balaban J connectivity index is 0.00000544. The van der Waals surface area contributed by atoms with E-state index in [0.717, 1.165) is 0 Å². The van der Waals surface area contributed by atoms with Crippen LogP contribution in [0.15, 0.2) is 60.7 Å². The molecule has 174 valence electrons. The Labute approximate surface area is 215 Å². The molecule has 3 atom stereocenters. The number of carbonyl (C=O) groups is 2. The third-order valence-electron chi connectivity index (χ3n) is 5.22. The molecule has 0 radical (unpaired) electrons. The summed E-state index contributed by atoms with van der Waals surface area (Å²) >= 11 is 0. The van der Waals surface area contributed by atoms with Gasteiger partial charge < -0.3 is 25.9 Å². The van der Waals surface area contributed by atoms with Gasteiger partial charge in [0.1, 0.15) is 16.7 Å². The number of Topliss-reactive ketones (excluding diaryl/α,β-unsaturated/α-hetero) is 1. The van der Waals surface area contributed by atoms with Crippen LogP contribution in [0.1, 0.15) is 25.0 Å². The quantitative estimate of drug-likeness (QED) is 0.186. The Morgan fingerprint density at radius 3 is 1.91 bits per heavy atom. The number of nitrogens with two attached hydrogens (primary N) is 2. The van der Waals surface area contributed by atoms with Gasteiger partial charge in [-0.05, 0) is 17.0 Å². The SMILES string of the molecule is CC(C)[C@H](N)C(=O)C(O)(C(N)(Cc1ccccc1)C(=O)OCc1ccccc1)S(=O)(=O)[O-].[Na+]. The summed E-state index contributed by atoms with van der Waals surface area (Å²) in [4.78, 5) is 22.3. The average Bonchev–Trinajstić information content (AvgIpc) is 2.76. The van der Waals surface area contributed by atoms with Crippen LogP contribution >= 0.6 is 0 Å². The van der Waals surface area contributed by atoms with Crippen molar-refractivity contribution < 1.29 is 62.0 Å². The van der Waals surface area contributed by atoms with Crippen LogP contribution in [0.3, 0.4) is 0 Å². The van der Waals surface area contributed by atoms with E-state index >= 15 is 0 Å². The van der Waals surface area contributed by atoms with Crippen molar-refractivity contribution in [2.45, 2.75) is 43.4 Å². The molecule has 2 unspecified atom stereocenters. The Kier molecular flexibility index (Phi) is 10.4. The number of ketones is 1. The summed E-state index contributed by atoms with van der Waals surface area (Å²) in [5.74, 6) is -3.66. The molecule has 0 amide bonds. The molecule has 2 rings (SSSR count). The van der Waals surface area contributed by atoms with E-state index in [9.17, 15) is 27.7 Å². The van der Waals surface area contributed by atoms with Gasteiger partial charge in [-0.15, -0.1) is 0 Å². The Morgan fingerprint density at radius 1 is 1.03 bits per heavy atom. The minimum atomic E-state index is -5.90. The van der Waals surface area contributed by atoms with Crippen molar-refractivity contribution in [1.82, 2.24) is 0 Å². The van der Waals surface area contributed by atoms with Gasteiger partial charge in [-0.1, -0.05) is 74.5 Å². The van der Waals surface area contributed by atoms with Gasteiger partial charge in [-0.2, -0.15) is 0 Å². The average molecular weight is 487 g/mol. The molecule has 0 aliphatic rings. The van der Waals surface area contributed by atoms with Crippen molar-refractivity contribution in [3.63, 3.8) is 0 Å². The number of benzene rings is 2. The first kappa shape index (κ1) is 29.4. The summed E-state index contributed by atoms with van der Waals surface area (Å²) in [6.07, 6.45) is -0.671. The first-order chi connectivity index (χ1) is 14.8. The molecule has 2 aromatic rings. The van der Waals surface area contributed by atoms with Crippen molar-refractivity contribution in [3.05, 3.63) is 71.8 Å². The minimum absolute atomic E-state index is 0. The van der Waals surface area contributed by atoms with Gasteiger partial charge in [-0.25, -0.2) is 13.2 Å². The number of hydrogen-bond donors (Lipinski definition) is 3. The molecule has 0 aromatic heterocycles. The molecule has 0 fully saturated rings. The largest absolute Gasteiger partial charge is 1.00 e. The Bertz CT molecular complexity index is 1050. The second-order valence-electron chi connectivity index (χ2n) is 7.93.